The van der Waals surface area contributed by atoms with Crippen LogP contribution >= 0.6 is 0 Å². The third-order valence-corrected chi connectivity index (χ3v) is 3.53. The quantitative estimate of drug-likeness (QED) is 0.778. The third kappa shape index (κ3) is 2.88. The predicted octanol–water partition coefficient (Wildman–Crippen LogP) is 2.41. The minimum absolute atomic E-state index is 0.161. The lowest BCUT2D eigenvalue weighted by Crippen LogP contribution is -2.28. The number of hydrogen-bond acceptors (Lipinski definition) is 3. The molecule has 0 saturated carbocycles. The summed E-state index contributed by atoms with van der Waals surface area (Å²) in [7, 11) is 0. The number of amides is 1. The van der Waals surface area contributed by atoms with Gasteiger partial charge in [0, 0.05) is 6.07 Å². The molecule has 0 bridgehead atoms. The standard InChI is InChI=1S/C17H15N3O2/c1-11(18-17(22)15-8-9-16(21)20-19-15)13-7-6-12-4-2-3-5-14(12)10-13/h2-11H,1H3,(H,18,22)(H,20,21)/t11-/m0/s1. The van der Waals surface area contributed by atoms with E-state index in [-0.39, 0.29) is 23.2 Å². The second-order valence-corrected chi connectivity index (χ2v) is 5.11. The van der Waals surface area contributed by atoms with Gasteiger partial charge in [0.05, 0.1) is 6.04 Å². The second kappa shape index (κ2) is 5.81. The number of carbonyl (C=O) groups is 1. The molecule has 110 valence electrons. The molecule has 22 heavy (non-hydrogen) atoms. The summed E-state index contributed by atoms with van der Waals surface area (Å²) in [5, 5.41) is 11.1. The molecular weight excluding hydrogens is 278 g/mol. The Morgan fingerprint density at radius 2 is 1.86 bits per heavy atom. The topological polar surface area (TPSA) is 74.8 Å². The zero-order chi connectivity index (χ0) is 15.5. The summed E-state index contributed by atoms with van der Waals surface area (Å²) in [4.78, 5) is 23.1. The lowest BCUT2D eigenvalue weighted by atomic mass is 10.0. The predicted molar refractivity (Wildman–Crippen MR) is 84.7 cm³/mol. The van der Waals surface area contributed by atoms with Crippen molar-refractivity contribution in [3.63, 3.8) is 0 Å². The Morgan fingerprint density at radius 3 is 2.59 bits per heavy atom. The maximum absolute atomic E-state index is 12.1. The molecule has 1 atom stereocenters. The smallest absolute Gasteiger partial charge is 0.272 e. The fourth-order valence-electron chi connectivity index (χ4n) is 2.30. The average Bonchev–Trinajstić information content (AvgIpc) is 2.55. The van der Waals surface area contributed by atoms with Crippen LogP contribution < -0.4 is 10.9 Å². The number of aromatic amines is 1. The molecule has 0 aliphatic rings. The maximum Gasteiger partial charge on any atom is 0.272 e. The van der Waals surface area contributed by atoms with E-state index in [2.05, 4.69) is 21.6 Å². The lowest BCUT2D eigenvalue weighted by Gasteiger charge is -2.14. The van der Waals surface area contributed by atoms with Gasteiger partial charge in [-0.25, -0.2) is 5.10 Å². The first-order chi connectivity index (χ1) is 10.6. The first-order valence-electron chi connectivity index (χ1n) is 6.99. The van der Waals surface area contributed by atoms with Crippen molar-refractivity contribution in [3.05, 3.63) is 76.2 Å². The van der Waals surface area contributed by atoms with Crippen molar-refractivity contribution in [2.75, 3.05) is 0 Å². The van der Waals surface area contributed by atoms with Crippen LogP contribution in [0.15, 0.2) is 59.4 Å². The van der Waals surface area contributed by atoms with Gasteiger partial charge in [-0.1, -0.05) is 36.4 Å². The van der Waals surface area contributed by atoms with Crippen LogP contribution in [0, 0.1) is 0 Å². The van der Waals surface area contributed by atoms with Gasteiger partial charge in [0.2, 0.25) is 0 Å². The highest BCUT2D eigenvalue weighted by molar-refractivity contribution is 5.92. The van der Waals surface area contributed by atoms with Crippen LogP contribution in [-0.4, -0.2) is 16.1 Å². The molecule has 0 saturated heterocycles. The Kier molecular flexibility index (Phi) is 3.70. The largest absolute Gasteiger partial charge is 0.344 e. The van der Waals surface area contributed by atoms with Gasteiger partial charge in [-0.3, -0.25) is 9.59 Å². The highest BCUT2D eigenvalue weighted by Gasteiger charge is 2.13. The first kappa shape index (κ1) is 14.0. The number of aromatic nitrogens is 2. The van der Waals surface area contributed by atoms with Gasteiger partial charge in [-0.15, -0.1) is 0 Å². The van der Waals surface area contributed by atoms with Gasteiger partial charge < -0.3 is 5.32 Å². The molecule has 0 fully saturated rings. The van der Waals surface area contributed by atoms with E-state index in [1.54, 1.807) is 0 Å². The Labute approximate surface area is 127 Å². The first-order valence-corrected chi connectivity index (χ1v) is 6.99. The number of fused-ring (bicyclic) bond motifs is 1. The number of benzene rings is 2. The normalized spacial score (nSPS) is 12.0. The molecule has 5 nitrogen and oxygen atoms in total. The highest BCUT2D eigenvalue weighted by atomic mass is 16.2. The van der Waals surface area contributed by atoms with Crippen LogP contribution in [0.25, 0.3) is 10.8 Å². The van der Waals surface area contributed by atoms with E-state index < -0.39 is 0 Å². The monoisotopic (exact) mass is 293 g/mol. The van der Waals surface area contributed by atoms with Crippen molar-refractivity contribution in [1.82, 2.24) is 15.5 Å². The van der Waals surface area contributed by atoms with Crippen LogP contribution in [-0.2, 0) is 0 Å². The minimum Gasteiger partial charge on any atom is -0.344 e. The Bertz CT molecular complexity index is 866. The van der Waals surface area contributed by atoms with Crippen molar-refractivity contribution < 1.29 is 4.79 Å². The molecule has 0 aliphatic carbocycles. The molecule has 0 spiro atoms. The zero-order valence-electron chi connectivity index (χ0n) is 12.0. The fourth-order valence-corrected chi connectivity index (χ4v) is 2.30. The fraction of sp³-hybridized carbons (Fsp3) is 0.118. The molecule has 1 heterocycles. The van der Waals surface area contributed by atoms with E-state index in [0.717, 1.165) is 16.3 Å². The summed E-state index contributed by atoms with van der Waals surface area (Å²) in [6.07, 6.45) is 0. The van der Waals surface area contributed by atoms with Crippen LogP contribution in [0.1, 0.15) is 29.0 Å². The van der Waals surface area contributed by atoms with Crippen LogP contribution in [0.5, 0.6) is 0 Å². The second-order valence-electron chi connectivity index (χ2n) is 5.11. The Morgan fingerprint density at radius 1 is 1.09 bits per heavy atom. The third-order valence-electron chi connectivity index (χ3n) is 3.53. The van der Waals surface area contributed by atoms with Gasteiger partial charge in [0.25, 0.3) is 11.5 Å². The van der Waals surface area contributed by atoms with Gasteiger partial charge in [0.15, 0.2) is 0 Å². The Balaban J connectivity index is 1.80. The number of carbonyl (C=O) groups excluding carboxylic acids is 1. The van der Waals surface area contributed by atoms with Crippen LogP contribution in [0.3, 0.4) is 0 Å². The molecule has 1 aromatic heterocycles. The van der Waals surface area contributed by atoms with Crippen LogP contribution in [0.2, 0.25) is 0 Å². The molecule has 0 aliphatic heterocycles. The maximum atomic E-state index is 12.1. The van der Waals surface area contributed by atoms with Crippen molar-refractivity contribution in [2.45, 2.75) is 13.0 Å². The summed E-state index contributed by atoms with van der Waals surface area (Å²) in [5.74, 6) is -0.322. The molecule has 0 radical (unpaired) electrons. The van der Waals surface area contributed by atoms with E-state index in [1.165, 1.54) is 12.1 Å². The Hall–Kier alpha value is -2.95. The summed E-state index contributed by atoms with van der Waals surface area (Å²) in [6, 6.07) is 16.7. The summed E-state index contributed by atoms with van der Waals surface area (Å²) in [5.41, 5.74) is 0.864. The van der Waals surface area contributed by atoms with E-state index in [4.69, 9.17) is 0 Å². The molecule has 0 unspecified atom stereocenters. The van der Waals surface area contributed by atoms with Crippen molar-refractivity contribution in [1.29, 1.82) is 0 Å². The molecule has 2 aromatic carbocycles. The van der Waals surface area contributed by atoms with E-state index in [0.29, 0.717) is 0 Å². The van der Waals surface area contributed by atoms with Gasteiger partial charge >= 0.3 is 0 Å². The molecule has 5 heteroatoms. The van der Waals surface area contributed by atoms with Crippen LogP contribution in [0.4, 0.5) is 0 Å². The summed E-state index contributed by atoms with van der Waals surface area (Å²) < 4.78 is 0. The summed E-state index contributed by atoms with van der Waals surface area (Å²) in [6.45, 7) is 1.91. The lowest BCUT2D eigenvalue weighted by molar-refractivity contribution is 0.0933. The molecule has 3 aromatic rings. The van der Waals surface area contributed by atoms with E-state index >= 15 is 0 Å². The van der Waals surface area contributed by atoms with Gasteiger partial charge in [-0.2, -0.15) is 5.10 Å². The van der Waals surface area contributed by atoms with Crippen molar-refractivity contribution in [3.8, 4) is 0 Å². The van der Waals surface area contributed by atoms with Gasteiger partial charge in [-0.05, 0) is 35.4 Å². The number of rotatable bonds is 3. The number of H-pyrrole nitrogens is 1. The molecule has 2 N–H and O–H groups in total. The average molecular weight is 293 g/mol. The molecular formula is C17H15N3O2. The van der Waals surface area contributed by atoms with E-state index in [9.17, 15) is 9.59 Å². The molecule has 3 rings (SSSR count). The molecule has 1 amide bonds. The van der Waals surface area contributed by atoms with Crippen molar-refractivity contribution >= 4 is 16.7 Å². The zero-order valence-corrected chi connectivity index (χ0v) is 12.0. The van der Waals surface area contributed by atoms with Gasteiger partial charge in [0.1, 0.15) is 5.69 Å². The van der Waals surface area contributed by atoms with E-state index in [1.807, 2.05) is 43.3 Å². The minimum atomic E-state index is -0.334. The van der Waals surface area contributed by atoms with Crippen molar-refractivity contribution in [2.24, 2.45) is 0 Å². The number of nitrogens with one attached hydrogen (secondary N) is 2. The SMILES string of the molecule is C[C@H](NC(=O)c1ccc(=O)[nH]n1)c1ccc2ccccc2c1. The number of hydrogen-bond donors (Lipinski definition) is 2. The summed E-state index contributed by atoms with van der Waals surface area (Å²) >= 11 is 0. The number of nitrogens with zero attached hydrogens (tertiary/aromatic N) is 1. The highest BCUT2D eigenvalue weighted by Crippen LogP contribution is 2.20.